The fraction of sp³-hybridized carbons (Fsp3) is 0.417. The van der Waals surface area contributed by atoms with Crippen LogP contribution in [0.1, 0.15) is 19.4 Å². The van der Waals surface area contributed by atoms with Crippen molar-refractivity contribution in [3.63, 3.8) is 0 Å². The topological polar surface area (TPSA) is 78.3 Å². The molecule has 0 aliphatic heterocycles. The van der Waals surface area contributed by atoms with Crippen molar-refractivity contribution < 1.29 is 13.9 Å². The van der Waals surface area contributed by atoms with E-state index in [0.717, 1.165) is 5.56 Å². The van der Waals surface area contributed by atoms with E-state index < -0.39 is 17.8 Å². The smallest absolute Gasteiger partial charge is 0.258 e. The predicted octanol–water partition coefficient (Wildman–Crippen LogP) is 0.968. The normalized spacial score (nSPS) is 14.1. The van der Waals surface area contributed by atoms with Gasteiger partial charge in [0.1, 0.15) is 11.6 Å². The molecular weight excluding hydrogens is 223 g/mol. The Labute approximate surface area is 99.7 Å². The SMILES string of the molecule is CC(N)Cc1cc(F)cc(OC(C)C(N)=O)c1. The molecule has 4 N–H and O–H groups in total. The van der Waals surface area contributed by atoms with Gasteiger partial charge in [0.15, 0.2) is 6.10 Å². The highest BCUT2D eigenvalue weighted by Gasteiger charge is 2.12. The van der Waals surface area contributed by atoms with Gasteiger partial charge in [0.05, 0.1) is 0 Å². The first-order valence-electron chi connectivity index (χ1n) is 5.39. The number of nitrogens with two attached hydrogens (primary N) is 2. The molecule has 5 heteroatoms. The zero-order valence-corrected chi connectivity index (χ0v) is 9.94. The van der Waals surface area contributed by atoms with Crippen LogP contribution in [0.25, 0.3) is 0 Å². The molecule has 1 amide bonds. The lowest BCUT2D eigenvalue weighted by Crippen LogP contribution is -2.30. The molecule has 0 aliphatic rings. The number of hydrogen-bond acceptors (Lipinski definition) is 3. The lowest BCUT2D eigenvalue weighted by molar-refractivity contribution is -0.123. The number of primary amides is 1. The highest BCUT2D eigenvalue weighted by atomic mass is 19.1. The summed E-state index contributed by atoms with van der Waals surface area (Å²) >= 11 is 0. The zero-order valence-electron chi connectivity index (χ0n) is 9.94. The van der Waals surface area contributed by atoms with Gasteiger partial charge in [-0.2, -0.15) is 0 Å². The number of halogens is 1. The molecule has 0 aliphatic carbocycles. The maximum atomic E-state index is 13.3. The van der Waals surface area contributed by atoms with Gasteiger partial charge in [-0.1, -0.05) is 0 Å². The van der Waals surface area contributed by atoms with Crippen LogP contribution in [0, 0.1) is 5.82 Å². The second-order valence-electron chi connectivity index (χ2n) is 4.14. The maximum Gasteiger partial charge on any atom is 0.258 e. The van der Waals surface area contributed by atoms with Crippen molar-refractivity contribution in [2.75, 3.05) is 0 Å². The van der Waals surface area contributed by atoms with Crippen LogP contribution in [0.5, 0.6) is 5.75 Å². The zero-order chi connectivity index (χ0) is 13.0. The van der Waals surface area contributed by atoms with Crippen LogP contribution in [0.4, 0.5) is 4.39 Å². The number of amides is 1. The Balaban J connectivity index is 2.85. The van der Waals surface area contributed by atoms with E-state index in [1.54, 1.807) is 6.07 Å². The number of hydrogen-bond donors (Lipinski definition) is 2. The number of benzene rings is 1. The summed E-state index contributed by atoms with van der Waals surface area (Å²) in [6.45, 7) is 3.34. The van der Waals surface area contributed by atoms with Crippen molar-refractivity contribution in [2.24, 2.45) is 11.5 Å². The Hall–Kier alpha value is -1.62. The number of carbonyl (C=O) groups is 1. The second-order valence-corrected chi connectivity index (χ2v) is 4.14. The van der Waals surface area contributed by atoms with Crippen LogP contribution in [-0.4, -0.2) is 18.1 Å². The van der Waals surface area contributed by atoms with Crippen LogP contribution in [0.2, 0.25) is 0 Å². The molecule has 0 aromatic heterocycles. The molecule has 0 heterocycles. The molecule has 4 nitrogen and oxygen atoms in total. The van der Waals surface area contributed by atoms with Crippen molar-refractivity contribution in [1.29, 1.82) is 0 Å². The minimum Gasteiger partial charge on any atom is -0.481 e. The largest absolute Gasteiger partial charge is 0.481 e. The van der Waals surface area contributed by atoms with Crippen LogP contribution >= 0.6 is 0 Å². The molecule has 0 fully saturated rings. The average molecular weight is 240 g/mol. The molecule has 1 rings (SSSR count). The first-order valence-corrected chi connectivity index (χ1v) is 5.39. The summed E-state index contributed by atoms with van der Waals surface area (Å²) in [6, 6.07) is 4.19. The van der Waals surface area contributed by atoms with Crippen LogP contribution in [-0.2, 0) is 11.2 Å². The first kappa shape index (κ1) is 13.4. The third-order valence-corrected chi connectivity index (χ3v) is 2.20. The minimum absolute atomic E-state index is 0.0711. The second kappa shape index (κ2) is 5.63. The average Bonchev–Trinajstić information content (AvgIpc) is 2.14. The third-order valence-electron chi connectivity index (χ3n) is 2.20. The highest BCUT2D eigenvalue weighted by Crippen LogP contribution is 2.18. The van der Waals surface area contributed by atoms with E-state index in [-0.39, 0.29) is 11.8 Å². The van der Waals surface area contributed by atoms with Gasteiger partial charge in [0.2, 0.25) is 0 Å². The molecule has 0 spiro atoms. The van der Waals surface area contributed by atoms with Gasteiger partial charge in [-0.05, 0) is 38.0 Å². The first-order chi connectivity index (χ1) is 7.88. The number of carbonyl (C=O) groups excluding carboxylic acids is 1. The van der Waals surface area contributed by atoms with E-state index in [1.165, 1.54) is 19.1 Å². The Kier molecular flexibility index (Phi) is 4.45. The Morgan fingerprint density at radius 1 is 1.41 bits per heavy atom. The van der Waals surface area contributed by atoms with E-state index in [1.807, 2.05) is 6.92 Å². The fourth-order valence-corrected chi connectivity index (χ4v) is 1.44. The highest BCUT2D eigenvalue weighted by molar-refractivity contribution is 5.78. The number of rotatable bonds is 5. The summed E-state index contributed by atoms with van der Waals surface area (Å²) in [4.78, 5) is 10.8. The van der Waals surface area contributed by atoms with Gasteiger partial charge in [0, 0.05) is 12.1 Å². The van der Waals surface area contributed by atoms with E-state index in [2.05, 4.69) is 0 Å². The monoisotopic (exact) mass is 240 g/mol. The Morgan fingerprint density at radius 3 is 2.59 bits per heavy atom. The van der Waals surface area contributed by atoms with Crippen molar-refractivity contribution >= 4 is 5.91 Å². The standard InChI is InChI=1S/C12H17FN2O2/c1-7(14)3-9-4-10(13)6-11(5-9)17-8(2)12(15)16/h4-8H,3,14H2,1-2H3,(H2,15,16). The summed E-state index contributed by atoms with van der Waals surface area (Å²) in [6.07, 6.45) is -0.251. The van der Waals surface area contributed by atoms with Crippen molar-refractivity contribution in [3.05, 3.63) is 29.6 Å². The molecular formula is C12H17FN2O2. The Morgan fingerprint density at radius 2 is 2.06 bits per heavy atom. The minimum atomic E-state index is -0.792. The molecule has 2 unspecified atom stereocenters. The molecule has 94 valence electrons. The van der Waals surface area contributed by atoms with E-state index >= 15 is 0 Å². The van der Waals surface area contributed by atoms with Crippen molar-refractivity contribution in [3.8, 4) is 5.75 Å². The molecule has 0 radical (unpaired) electrons. The quantitative estimate of drug-likeness (QED) is 0.804. The van der Waals surface area contributed by atoms with Gasteiger partial charge >= 0.3 is 0 Å². The Bertz CT molecular complexity index is 407. The molecule has 0 saturated heterocycles. The lowest BCUT2D eigenvalue weighted by atomic mass is 10.1. The van der Waals surface area contributed by atoms with E-state index in [9.17, 15) is 9.18 Å². The van der Waals surface area contributed by atoms with Crippen molar-refractivity contribution in [2.45, 2.75) is 32.4 Å². The molecule has 1 aromatic carbocycles. The summed E-state index contributed by atoms with van der Waals surface area (Å²) in [5.41, 5.74) is 11.4. The van der Waals surface area contributed by atoms with Gasteiger partial charge < -0.3 is 16.2 Å². The summed E-state index contributed by atoms with van der Waals surface area (Å²) in [5, 5.41) is 0. The van der Waals surface area contributed by atoms with E-state index in [0.29, 0.717) is 6.42 Å². The summed E-state index contributed by atoms with van der Waals surface area (Å²) in [5.74, 6) is -0.732. The lowest BCUT2D eigenvalue weighted by Gasteiger charge is -2.13. The van der Waals surface area contributed by atoms with E-state index in [4.69, 9.17) is 16.2 Å². The van der Waals surface area contributed by atoms with Gasteiger partial charge in [0.25, 0.3) is 5.91 Å². The maximum absolute atomic E-state index is 13.3. The van der Waals surface area contributed by atoms with Gasteiger partial charge in [-0.15, -0.1) is 0 Å². The van der Waals surface area contributed by atoms with Crippen molar-refractivity contribution in [1.82, 2.24) is 0 Å². The molecule has 1 aromatic rings. The van der Waals surface area contributed by atoms with Crippen LogP contribution in [0.15, 0.2) is 18.2 Å². The third kappa shape index (κ3) is 4.40. The molecule has 0 saturated carbocycles. The van der Waals surface area contributed by atoms with Crippen LogP contribution < -0.4 is 16.2 Å². The predicted molar refractivity (Wildman–Crippen MR) is 63.0 cm³/mol. The summed E-state index contributed by atoms with van der Waals surface area (Å²) < 4.78 is 18.5. The van der Waals surface area contributed by atoms with Crippen LogP contribution in [0.3, 0.4) is 0 Å². The molecule has 0 bridgehead atoms. The number of ether oxygens (including phenoxy) is 1. The summed E-state index contributed by atoms with van der Waals surface area (Å²) in [7, 11) is 0. The fourth-order valence-electron chi connectivity index (χ4n) is 1.44. The molecule has 2 atom stereocenters. The van der Waals surface area contributed by atoms with Gasteiger partial charge in [-0.3, -0.25) is 4.79 Å². The van der Waals surface area contributed by atoms with Gasteiger partial charge in [-0.25, -0.2) is 4.39 Å². The molecule has 17 heavy (non-hydrogen) atoms.